The van der Waals surface area contributed by atoms with Crippen molar-refractivity contribution in [1.82, 2.24) is 19.5 Å². The Kier molecular flexibility index (Phi) is 9.62. The van der Waals surface area contributed by atoms with Crippen LogP contribution in [0.1, 0.15) is 68.7 Å². The third kappa shape index (κ3) is 7.41. The predicted octanol–water partition coefficient (Wildman–Crippen LogP) is 7.13. The van der Waals surface area contributed by atoms with Gasteiger partial charge in [0, 0.05) is 12.3 Å². The maximum atomic E-state index is 12.5. The lowest BCUT2D eigenvalue weighted by molar-refractivity contribution is 0.00573. The van der Waals surface area contributed by atoms with Crippen LogP contribution >= 0.6 is 11.6 Å². The zero-order valence-electron chi connectivity index (χ0n) is 27.2. The molecule has 9 nitrogen and oxygen atoms in total. The minimum atomic E-state index is -1.65. The number of imidazole rings is 1. The van der Waals surface area contributed by atoms with Gasteiger partial charge in [-0.2, -0.15) is 9.97 Å². The summed E-state index contributed by atoms with van der Waals surface area (Å²) in [5, 5.41) is 2.76. The summed E-state index contributed by atoms with van der Waals surface area (Å²) in [7, 11) is -3.04. The second-order valence-electron chi connectivity index (χ2n) is 14.9. The number of rotatable bonds is 7. The smallest absolute Gasteiger partial charge is 0.414 e. The first kappa shape index (κ1) is 33.7. The highest BCUT2D eigenvalue weighted by Gasteiger charge is 2.58. The fraction of sp³-hybridized carbons (Fsp3) is 0.724. The number of nitrogens with one attached hydrogen (secondary N) is 1. The van der Waals surface area contributed by atoms with E-state index < -0.39 is 35.5 Å². The Hall–Kier alpha value is -1.80. The van der Waals surface area contributed by atoms with E-state index in [9.17, 15) is 4.79 Å². The monoisotopic (exact) mass is 623 g/mol. The van der Waals surface area contributed by atoms with E-state index >= 15 is 0 Å². The predicted molar refractivity (Wildman–Crippen MR) is 172 cm³/mol. The van der Waals surface area contributed by atoms with Gasteiger partial charge in [-0.05, 0) is 69.3 Å². The molecule has 0 aliphatic heterocycles. The maximum Gasteiger partial charge on any atom is 0.414 e. The summed E-state index contributed by atoms with van der Waals surface area (Å²) < 4.78 is 21.2. The van der Waals surface area contributed by atoms with Crippen LogP contribution in [0.15, 0.2) is 18.5 Å². The summed E-state index contributed by atoms with van der Waals surface area (Å²) in [5.74, 6) is 0.269. The Morgan fingerprint density at radius 3 is 2.20 bits per heavy atom. The first-order valence-corrected chi connectivity index (χ1v) is 20.4. The highest BCUT2D eigenvalue weighted by atomic mass is 35.5. The number of ether oxygens (including phenoxy) is 1. The molecule has 1 fully saturated rings. The van der Waals surface area contributed by atoms with Gasteiger partial charge in [0.25, 0.3) is 0 Å². The molecule has 0 aromatic carbocycles. The number of amides is 1. The number of anilines is 1. The van der Waals surface area contributed by atoms with Crippen LogP contribution in [0.4, 0.5) is 10.7 Å². The Labute approximate surface area is 254 Å². The number of fused-ring (bicyclic) bond motifs is 1. The Morgan fingerprint density at radius 2 is 1.71 bits per heavy atom. The van der Waals surface area contributed by atoms with E-state index in [2.05, 4.69) is 83.0 Å². The first-order valence-electron chi connectivity index (χ1n) is 14.5. The van der Waals surface area contributed by atoms with Crippen LogP contribution in [0, 0.1) is 22.7 Å². The summed E-state index contributed by atoms with van der Waals surface area (Å²) in [6.07, 6.45) is 1.70. The molecule has 1 amide bonds. The standard InChI is InChI=1S/C29H50ClN5O4Si2/c1-17-19(21(27(5,6)7)38-40(11)12)18(26(2,3)4)15-29(17,39-41(13)14)35-16-31-20-22(30)32-24(33-23(20)35)34-25(36)37-28(8,9)10/h16,18-19,21,40-41H,1,15H2,2-14H3,(H,32,33,34,36)/t18-,19-,21?,29-/m0/s1. The van der Waals surface area contributed by atoms with Crippen molar-refractivity contribution < 1.29 is 18.4 Å². The van der Waals surface area contributed by atoms with E-state index in [0.717, 1.165) is 5.57 Å². The van der Waals surface area contributed by atoms with Crippen molar-refractivity contribution in [2.24, 2.45) is 22.7 Å². The van der Waals surface area contributed by atoms with Crippen LogP contribution in [-0.4, -0.2) is 55.4 Å². The van der Waals surface area contributed by atoms with E-state index in [0.29, 0.717) is 17.6 Å². The molecule has 1 aliphatic carbocycles. The number of hydrogen-bond donors (Lipinski definition) is 1. The number of carbonyl (C=O) groups is 1. The zero-order valence-corrected chi connectivity index (χ0v) is 30.2. The molecular formula is C29H50ClN5O4Si2. The molecule has 0 spiro atoms. The molecule has 1 N–H and O–H groups in total. The largest absolute Gasteiger partial charge is 0.444 e. The van der Waals surface area contributed by atoms with Crippen LogP contribution in [0.3, 0.4) is 0 Å². The SMILES string of the molecule is C=C1[C@H](C(O[SiH](C)C)C(C)(C)C)[C@@H](C(C)(C)C)C[C@@]1(O[SiH](C)C)n1cnc2c(Cl)nc(NC(=O)OC(C)(C)C)nc21. The topological polar surface area (TPSA) is 100 Å². The average Bonchev–Trinajstić information content (AvgIpc) is 3.30. The van der Waals surface area contributed by atoms with Gasteiger partial charge in [-0.15, -0.1) is 0 Å². The van der Waals surface area contributed by atoms with Gasteiger partial charge >= 0.3 is 6.09 Å². The molecule has 12 heteroatoms. The average molecular weight is 624 g/mol. The Morgan fingerprint density at radius 1 is 1.10 bits per heavy atom. The summed E-state index contributed by atoms with van der Waals surface area (Å²) in [6.45, 7) is 32.5. The summed E-state index contributed by atoms with van der Waals surface area (Å²) in [6, 6.07) is 0. The minimum Gasteiger partial charge on any atom is -0.444 e. The molecule has 2 aromatic heterocycles. The molecular weight excluding hydrogens is 574 g/mol. The van der Waals surface area contributed by atoms with E-state index in [4.69, 9.17) is 36.8 Å². The van der Waals surface area contributed by atoms with Crippen LogP contribution < -0.4 is 5.32 Å². The van der Waals surface area contributed by atoms with E-state index in [1.165, 1.54) is 0 Å². The second kappa shape index (κ2) is 11.7. The van der Waals surface area contributed by atoms with Crippen molar-refractivity contribution in [2.75, 3.05) is 5.32 Å². The van der Waals surface area contributed by atoms with Gasteiger partial charge in [-0.1, -0.05) is 59.7 Å². The number of aromatic nitrogens is 4. The van der Waals surface area contributed by atoms with Crippen molar-refractivity contribution in [1.29, 1.82) is 0 Å². The zero-order chi connectivity index (χ0) is 31.3. The Balaban J connectivity index is 2.24. The third-order valence-electron chi connectivity index (χ3n) is 7.33. The van der Waals surface area contributed by atoms with Crippen molar-refractivity contribution in [2.45, 2.75) is 112 Å². The van der Waals surface area contributed by atoms with Crippen LogP contribution in [0.5, 0.6) is 0 Å². The van der Waals surface area contributed by atoms with Crippen molar-refractivity contribution in [3.8, 4) is 0 Å². The molecule has 2 aromatic rings. The van der Waals surface area contributed by atoms with Gasteiger partial charge in [0.1, 0.15) is 11.1 Å². The van der Waals surface area contributed by atoms with Gasteiger partial charge in [0.15, 0.2) is 34.6 Å². The van der Waals surface area contributed by atoms with Crippen LogP contribution in [0.25, 0.3) is 11.2 Å². The normalized spacial score (nSPS) is 23.1. The minimum absolute atomic E-state index is 0.0321. The summed E-state index contributed by atoms with van der Waals surface area (Å²) in [4.78, 5) is 26.1. The summed E-state index contributed by atoms with van der Waals surface area (Å²) in [5.41, 5.74) is 0.0844. The second-order valence-corrected chi connectivity index (χ2v) is 20.0. The number of carbonyl (C=O) groups excluding carboxylic acids is 1. The molecule has 230 valence electrons. The van der Waals surface area contributed by atoms with Crippen LogP contribution in [0.2, 0.25) is 31.3 Å². The maximum absolute atomic E-state index is 12.5. The molecule has 3 rings (SSSR count). The van der Waals surface area contributed by atoms with Crippen molar-refractivity contribution in [3.05, 3.63) is 23.6 Å². The van der Waals surface area contributed by atoms with Crippen LogP contribution in [-0.2, 0) is 19.3 Å². The van der Waals surface area contributed by atoms with Crippen molar-refractivity contribution in [3.63, 3.8) is 0 Å². The third-order valence-corrected chi connectivity index (χ3v) is 9.29. The molecule has 1 aliphatic rings. The highest BCUT2D eigenvalue weighted by Crippen LogP contribution is 2.58. The number of halogens is 1. The van der Waals surface area contributed by atoms with Gasteiger partial charge < -0.3 is 13.6 Å². The lowest BCUT2D eigenvalue weighted by Gasteiger charge is -2.43. The number of nitrogens with zero attached hydrogens (tertiary/aromatic N) is 4. The van der Waals surface area contributed by atoms with E-state index in [1.807, 2.05) is 4.57 Å². The van der Waals surface area contributed by atoms with Gasteiger partial charge in [-0.3, -0.25) is 9.88 Å². The molecule has 1 unspecified atom stereocenters. The first-order chi connectivity index (χ1) is 18.6. The molecule has 41 heavy (non-hydrogen) atoms. The molecule has 0 bridgehead atoms. The highest BCUT2D eigenvalue weighted by molar-refractivity contribution is 6.48. The number of hydrogen-bond acceptors (Lipinski definition) is 7. The molecule has 0 radical (unpaired) electrons. The molecule has 1 saturated carbocycles. The Bertz CT molecular complexity index is 1280. The van der Waals surface area contributed by atoms with E-state index in [-0.39, 0.29) is 39.9 Å². The fourth-order valence-corrected chi connectivity index (χ4v) is 8.34. The molecule has 0 saturated heterocycles. The van der Waals surface area contributed by atoms with Crippen molar-refractivity contribution >= 4 is 52.9 Å². The summed E-state index contributed by atoms with van der Waals surface area (Å²) >= 11 is 6.59. The molecule has 2 heterocycles. The van der Waals surface area contributed by atoms with E-state index in [1.54, 1.807) is 27.1 Å². The lowest BCUT2D eigenvalue weighted by atomic mass is 9.68. The van der Waals surface area contributed by atoms with Gasteiger partial charge in [0.05, 0.1) is 12.4 Å². The fourth-order valence-electron chi connectivity index (χ4n) is 5.82. The van der Waals surface area contributed by atoms with Gasteiger partial charge in [-0.25, -0.2) is 9.78 Å². The lowest BCUT2D eigenvalue weighted by Crippen LogP contribution is -2.45. The quantitative estimate of drug-likeness (QED) is 0.199. The van der Waals surface area contributed by atoms with Gasteiger partial charge in [0.2, 0.25) is 5.95 Å². The molecule has 4 atom stereocenters.